The Morgan fingerprint density at radius 3 is 1.07 bits per heavy atom. The Labute approximate surface area is 372 Å². The van der Waals surface area contributed by atoms with Crippen LogP contribution in [0.5, 0.6) is 0 Å². The standard InChI is InChI=1S/C50H100NO8P/c1-6-8-10-12-14-16-18-20-22-24-25-27-28-30-32-34-36-38-40-42-49(52)56-46-48(47-58-60(54,55)57-45-44-51(3,4)5)59-50(53)43-41-39-37-35-33-31-29-26-23-21-19-17-15-13-11-9-7-2/h48H,6-47H2,1-5H3/t48-/m1/s1. The fraction of sp³-hybridized carbons (Fsp3) is 0.960. The van der Waals surface area contributed by atoms with Gasteiger partial charge in [-0.1, -0.05) is 232 Å². The average molecular weight is 874 g/mol. The lowest BCUT2D eigenvalue weighted by atomic mass is 10.0. The lowest BCUT2D eigenvalue weighted by Gasteiger charge is -2.28. The molecule has 0 N–H and O–H groups in total. The molecule has 0 radical (unpaired) electrons. The first kappa shape index (κ1) is 59.0. The lowest BCUT2D eigenvalue weighted by molar-refractivity contribution is -0.870. The molecule has 0 saturated heterocycles. The number of carbonyl (C=O) groups is 2. The van der Waals surface area contributed by atoms with E-state index in [0.29, 0.717) is 17.4 Å². The number of unbranched alkanes of at least 4 members (excludes halogenated alkanes) is 34. The van der Waals surface area contributed by atoms with Crippen molar-refractivity contribution in [3.63, 3.8) is 0 Å². The van der Waals surface area contributed by atoms with Crippen molar-refractivity contribution in [2.45, 2.75) is 264 Å². The first-order valence-corrected chi connectivity index (χ1v) is 27.2. The predicted molar refractivity (Wildman–Crippen MR) is 250 cm³/mol. The fourth-order valence-electron chi connectivity index (χ4n) is 7.60. The summed E-state index contributed by atoms with van der Waals surface area (Å²) in [5.74, 6) is -0.813. The number of phosphoric ester groups is 1. The molecule has 0 bridgehead atoms. The van der Waals surface area contributed by atoms with Crippen LogP contribution in [0, 0.1) is 0 Å². The van der Waals surface area contributed by atoms with Crippen LogP contribution >= 0.6 is 7.82 Å². The Hall–Kier alpha value is -0.990. The van der Waals surface area contributed by atoms with Crippen LogP contribution in [0.2, 0.25) is 0 Å². The van der Waals surface area contributed by atoms with Crippen molar-refractivity contribution in [3.05, 3.63) is 0 Å². The van der Waals surface area contributed by atoms with Crippen LogP contribution in [0.3, 0.4) is 0 Å². The van der Waals surface area contributed by atoms with Gasteiger partial charge in [-0.05, 0) is 12.8 Å². The Bertz CT molecular complexity index is 990. The minimum atomic E-state index is -4.62. The molecule has 9 nitrogen and oxygen atoms in total. The van der Waals surface area contributed by atoms with Gasteiger partial charge in [-0.2, -0.15) is 0 Å². The molecule has 0 fully saturated rings. The summed E-state index contributed by atoms with van der Waals surface area (Å²) in [4.78, 5) is 37.7. The number of carbonyl (C=O) groups excluding carboxylic acids is 2. The number of rotatable bonds is 48. The van der Waals surface area contributed by atoms with Crippen molar-refractivity contribution in [2.75, 3.05) is 47.5 Å². The number of likely N-dealkylation sites (N-methyl/N-ethyl adjacent to an activating group) is 1. The fourth-order valence-corrected chi connectivity index (χ4v) is 8.33. The van der Waals surface area contributed by atoms with Gasteiger partial charge in [-0.25, -0.2) is 0 Å². The summed E-state index contributed by atoms with van der Waals surface area (Å²) < 4.78 is 34.1. The van der Waals surface area contributed by atoms with E-state index >= 15 is 0 Å². The van der Waals surface area contributed by atoms with Crippen LogP contribution in [-0.4, -0.2) is 70.0 Å². The normalized spacial score (nSPS) is 13.4. The molecular weight excluding hydrogens is 774 g/mol. The molecule has 0 aliphatic rings. The molecule has 0 amide bonds. The molecule has 60 heavy (non-hydrogen) atoms. The summed E-state index contributed by atoms with van der Waals surface area (Å²) in [6, 6.07) is 0. The molecular formula is C50H100NO8P. The first-order chi connectivity index (χ1) is 29.0. The summed E-state index contributed by atoms with van der Waals surface area (Å²) in [5, 5.41) is 0. The van der Waals surface area contributed by atoms with E-state index in [9.17, 15) is 19.0 Å². The van der Waals surface area contributed by atoms with Gasteiger partial charge in [0, 0.05) is 12.8 Å². The number of phosphoric acid groups is 1. The zero-order chi connectivity index (χ0) is 44.3. The predicted octanol–water partition coefficient (Wildman–Crippen LogP) is 14.5. The second-order valence-corrected chi connectivity index (χ2v) is 20.3. The Morgan fingerprint density at radius 2 is 0.750 bits per heavy atom. The van der Waals surface area contributed by atoms with Crippen LogP contribution in [0.4, 0.5) is 0 Å². The van der Waals surface area contributed by atoms with Gasteiger partial charge in [0.2, 0.25) is 0 Å². The van der Waals surface area contributed by atoms with Crippen molar-refractivity contribution in [1.82, 2.24) is 0 Å². The minimum Gasteiger partial charge on any atom is -0.756 e. The van der Waals surface area contributed by atoms with Crippen LogP contribution in [0.1, 0.15) is 258 Å². The van der Waals surface area contributed by atoms with Gasteiger partial charge in [-0.15, -0.1) is 0 Å². The van der Waals surface area contributed by atoms with E-state index in [-0.39, 0.29) is 32.0 Å². The molecule has 0 rings (SSSR count). The summed E-state index contributed by atoms with van der Waals surface area (Å²) >= 11 is 0. The highest BCUT2D eigenvalue weighted by molar-refractivity contribution is 7.45. The molecule has 0 heterocycles. The average Bonchev–Trinajstić information content (AvgIpc) is 3.20. The maximum atomic E-state index is 12.7. The van der Waals surface area contributed by atoms with Crippen LogP contribution < -0.4 is 4.89 Å². The van der Waals surface area contributed by atoms with Crippen LogP contribution in [0.15, 0.2) is 0 Å². The summed E-state index contributed by atoms with van der Waals surface area (Å²) in [6.07, 6.45) is 45.5. The smallest absolute Gasteiger partial charge is 0.306 e. The largest absolute Gasteiger partial charge is 0.756 e. The summed E-state index contributed by atoms with van der Waals surface area (Å²) in [5.41, 5.74) is 0. The van der Waals surface area contributed by atoms with Crippen LogP contribution in [0.25, 0.3) is 0 Å². The number of hydrogen-bond acceptors (Lipinski definition) is 8. The van der Waals surface area contributed by atoms with Crippen molar-refractivity contribution in [3.8, 4) is 0 Å². The highest BCUT2D eigenvalue weighted by Crippen LogP contribution is 2.38. The van der Waals surface area contributed by atoms with Gasteiger partial charge in [-0.3, -0.25) is 14.2 Å². The Kier molecular flexibility index (Phi) is 42.6. The number of ether oxygens (including phenoxy) is 2. The van der Waals surface area contributed by atoms with Gasteiger partial charge in [0.15, 0.2) is 6.10 Å². The third-order valence-electron chi connectivity index (χ3n) is 11.6. The molecule has 1 unspecified atom stereocenters. The summed E-state index contributed by atoms with van der Waals surface area (Å²) in [6.45, 7) is 4.29. The third kappa shape index (κ3) is 46.5. The van der Waals surface area contributed by atoms with E-state index in [4.69, 9.17) is 18.5 Å². The van der Waals surface area contributed by atoms with Crippen molar-refractivity contribution in [1.29, 1.82) is 0 Å². The molecule has 0 aromatic rings. The number of nitrogens with zero attached hydrogens (tertiary/aromatic N) is 1. The quantitative estimate of drug-likeness (QED) is 0.0257. The maximum Gasteiger partial charge on any atom is 0.306 e. The topological polar surface area (TPSA) is 111 Å². The summed E-state index contributed by atoms with van der Waals surface area (Å²) in [7, 11) is 1.19. The van der Waals surface area contributed by atoms with E-state index in [1.807, 2.05) is 21.1 Å². The first-order valence-electron chi connectivity index (χ1n) is 25.7. The van der Waals surface area contributed by atoms with Crippen LogP contribution in [-0.2, 0) is 32.7 Å². The minimum absolute atomic E-state index is 0.0253. The van der Waals surface area contributed by atoms with E-state index < -0.39 is 26.5 Å². The number of quaternary nitrogens is 1. The molecule has 0 aliphatic heterocycles. The van der Waals surface area contributed by atoms with Gasteiger partial charge in [0.1, 0.15) is 19.8 Å². The third-order valence-corrected chi connectivity index (χ3v) is 12.6. The van der Waals surface area contributed by atoms with Crippen molar-refractivity contribution >= 4 is 19.8 Å². The molecule has 0 aliphatic carbocycles. The van der Waals surface area contributed by atoms with Gasteiger partial charge < -0.3 is 27.9 Å². The number of hydrogen-bond donors (Lipinski definition) is 0. The van der Waals surface area contributed by atoms with E-state index in [1.54, 1.807) is 0 Å². The van der Waals surface area contributed by atoms with Gasteiger partial charge in [0.25, 0.3) is 7.82 Å². The zero-order valence-electron chi connectivity index (χ0n) is 40.4. The Morgan fingerprint density at radius 1 is 0.450 bits per heavy atom. The molecule has 0 aromatic carbocycles. The highest BCUT2D eigenvalue weighted by atomic mass is 31.2. The van der Waals surface area contributed by atoms with E-state index in [2.05, 4.69) is 13.8 Å². The second-order valence-electron chi connectivity index (χ2n) is 18.9. The SMILES string of the molecule is CCCCCCCCCCCCCCCCCCCCCC(=O)OC[C@H](COP(=O)([O-])OCC[N+](C)(C)C)OC(=O)CCCCCCCCCCCCCCCCCCC. The lowest BCUT2D eigenvalue weighted by Crippen LogP contribution is -2.37. The monoisotopic (exact) mass is 874 g/mol. The molecule has 2 atom stereocenters. The van der Waals surface area contributed by atoms with E-state index in [0.717, 1.165) is 32.1 Å². The van der Waals surface area contributed by atoms with Gasteiger partial charge in [0.05, 0.1) is 27.7 Å². The molecule has 0 spiro atoms. The van der Waals surface area contributed by atoms with Crippen molar-refractivity contribution < 1.29 is 42.1 Å². The number of esters is 2. The van der Waals surface area contributed by atoms with Crippen molar-refractivity contribution in [2.24, 2.45) is 0 Å². The Balaban J connectivity index is 4.20. The molecule has 0 aromatic heterocycles. The van der Waals surface area contributed by atoms with Gasteiger partial charge >= 0.3 is 11.9 Å². The van der Waals surface area contributed by atoms with E-state index in [1.165, 1.54) is 193 Å². The highest BCUT2D eigenvalue weighted by Gasteiger charge is 2.21. The molecule has 0 saturated carbocycles. The second kappa shape index (κ2) is 43.3. The zero-order valence-corrected chi connectivity index (χ0v) is 41.3. The molecule has 10 heteroatoms. The molecule has 358 valence electrons. The maximum absolute atomic E-state index is 12.7.